The highest BCUT2D eigenvalue weighted by atomic mass is 79.9. The third-order valence-electron chi connectivity index (χ3n) is 3.58. The van der Waals surface area contributed by atoms with Crippen LogP contribution in [-0.2, 0) is 16.0 Å². The molecule has 0 heterocycles. The molecule has 2 aromatic rings. The number of benzene rings is 2. The monoisotopic (exact) mass is 408 g/mol. The summed E-state index contributed by atoms with van der Waals surface area (Å²) in [5.74, 6) is 1.62. The van der Waals surface area contributed by atoms with Crippen LogP contribution in [-0.4, -0.2) is 33.4 Å². The highest BCUT2D eigenvalue weighted by Crippen LogP contribution is 2.33. The van der Waals surface area contributed by atoms with Gasteiger partial charge in [0, 0.05) is 4.47 Å². The van der Waals surface area contributed by atoms with Crippen molar-refractivity contribution in [3.05, 3.63) is 52.0 Å². The predicted octanol–water partition coefficient (Wildman–Crippen LogP) is 3.94. The van der Waals surface area contributed by atoms with Crippen molar-refractivity contribution >= 4 is 21.9 Å². The lowest BCUT2D eigenvalue weighted by Crippen LogP contribution is -2.14. The lowest BCUT2D eigenvalue weighted by atomic mass is 10.1. The van der Waals surface area contributed by atoms with Gasteiger partial charge in [0.15, 0.2) is 11.5 Å². The topological polar surface area (TPSA) is 54.0 Å². The predicted molar refractivity (Wildman–Crippen MR) is 98.6 cm³/mol. The molecule has 0 atom stereocenters. The fraction of sp³-hybridized carbons (Fsp3) is 0.316. The summed E-state index contributed by atoms with van der Waals surface area (Å²) < 4.78 is 22.1. The average Bonchev–Trinajstić information content (AvgIpc) is 2.61. The van der Waals surface area contributed by atoms with E-state index in [-0.39, 0.29) is 19.0 Å². The number of methoxy groups -OCH3 is 2. The Balaban J connectivity index is 1.85. The van der Waals surface area contributed by atoms with Gasteiger partial charge in [0.2, 0.25) is 0 Å². The van der Waals surface area contributed by atoms with Crippen LogP contribution in [0.15, 0.2) is 40.9 Å². The zero-order chi connectivity index (χ0) is 18.2. The zero-order valence-electron chi connectivity index (χ0n) is 14.5. The van der Waals surface area contributed by atoms with E-state index in [1.165, 1.54) is 0 Å². The Morgan fingerprint density at radius 1 is 1.00 bits per heavy atom. The largest absolute Gasteiger partial charge is 0.493 e. The Bertz CT molecular complexity index is 730. The van der Waals surface area contributed by atoms with E-state index < -0.39 is 0 Å². The molecule has 0 amide bonds. The van der Waals surface area contributed by atoms with Crippen molar-refractivity contribution in [3.8, 4) is 17.2 Å². The first kappa shape index (κ1) is 19.1. The molecule has 0 saturated heterocycles. The van der Waals surface area contributed by atoms with E-state index in [1.54, 1.807) is 26.4 Å². The molecule has 0 fully saturated rings. The zero-order valence-corrected chi connectivity index (χ0v) is 16.1. The summed E-state index contributed by atoms with van der Waals surface area (Å²) in [5, 5.41) is 0. The normalized spacial score (nSPS) is 10.2. The number of ether oxygens (including phenoxy) is 4. The van der Waals surface area contributed by atoms with E-state index in [2.05, 4.69) is 15.9 Å². The van der Waals surface area contributed by atoms with Crippen LogP contribution in [0.4, 0.5) is 0 Å². The van der Waals surface area contributed by atoms with Crippen molar-refractivity contribution in [2.45, 2.75) is 13.3 Å². The molecule has 0 saturated carbocycles. The van der Waals surface area contributed by atoms with E-state index in [9.17, 15) is 4.79 Å². The van der Waals surface area contributed by atoms with Crippen LogP contribution in [0.25, 0.3) is 0 Å². The minimum absolute atomic E-state index is 0.130. The third-order valence-corrected chi connectivity index (χ3v) is 4.32. The molecule has 0 unspecified atom stereocenters. The second kappa shape index (κ2) is 9.32. The van der Waals surface area contributed by atoms with Crippen molar-refractivity contribution in [1.82, 2.24) is 0 Å². The van der Waals surface area contributed by atoms with E-state index in [4.69, 9.17) is 18.9 Å². The fourth-order valence-electron chi connectivity index (χ4n) is 2.26. The van der Waals surface area contributed by atoms with Crippen molar-refractivity contribution in [3.63, 3.8) is 0 Å². The highest BCUT2D eigenvalue weighted by Gasteiger charge is 2.13. The van der Waals surface area contributed by atoms with Gasteiger partial charge in [-0.2, -0.15) is 0 Å². The maximum absolute atomic E-state index is 12.0. The number of carbonyl (C=O) groups is 1. The molecular formula is C19H21BrO5. The van der Waals surface area contributed by atoms with Crippen LogP contribution in [0.3, 0.4) is 0 Å². The van der Waals surface area contributed by atoms with Crippen LogP contribution in [0, 0.1) is 6.92 Å². The lowest BCUT2D eigenvalue weighted by Gasteiger charge is -2.12. The Hall–Kier alpha value is -2.21. The van der Waals surface area contributed by atoms with Gasteiger partial charge in [-0.25, -0.2) is 0 Å². The number of esters is 1. The first-order valence-electron chi connectivity index (χ1n) is 7.79. The number of rotatable bonds is 8. The molecule has 2 rings (SSSR count). The molecule has 0 aliphatic carbocycles. The Labute approximate surface area is 156 Å². The number of hydrogen-bond acceptors (Lipinski definition) is 5. The molecule has 0 bridgehead atoms. The molecule has 0 aromatic heterocycles. The molecule has 25 heavy (non-hydrogen) atoms. The Kier molecular flexibility index (Phi) is 7.13. The van der Waals surface area contributed by atoms with Gasteiger partial charge in [-0.1, -0.05) is 34.1 Å². The molecule has 0 aliphatic rings. The van der Waals surface area contributed by atoms with Gasteiger partial charge in [-0.3, -0.25) is 4.79 Å². The average molecular weight is 409 g/mol. The first-order valence-corrected chi connectivity index (χ1v) is 8.59. The summed E-state index contributed by atoms with van der Waals surface area (Å²) in [6.45, 7) is 2.47. The molecule has 0 radical (unpaired) electrons. The van der Waals surface area contributed by atoms with Gasteiger partial charge in [0.25, 0.3) is 0 Å². The van der Waals surface area contributed by atoms with Crippen LogP contribution >= 0.6 is 15.9 Å². The van der Waals surface area contributed by atoms with Crippen LogP contribution in [0.5, 0.6) is 17.2 Å². The molecule has 5 nitrogen and oxygen atoms in total. The highest BCUT2D eigenvalue weighted by molar-refractivity contribution is 9.10. The maximum Gasteiger partial charge on any atom is 0.310 e. The minimum Gasteiger partial charge on any atom is -0.493 e. The smallest absolute Gasteiger partial charge is 0.310 e. The van der Waals surface area contributed by atoms with Crippen LogP contribution in [0.2, 0.25) is 0 Å². The Morgan fingerprint density at radius 2 is 1.68 bits per heavy atom. The summed E-state index contributed by atoms with van der Waals surface area (Å²) in [5.41, 5.74) is 1.81. The SMILES string of the molecule is COc1cc(Br)c(CC(=O)OCCOc2ccccc2C)cc1OC. The van der Waals surface area contributed by atoms with Crippen LogP contribution in [0.1, 0.15) is 11.1 Å². The van der Waals surface area contributed by atoms with Gasteiger partial charge >= 0.3 is 5.97 Å². The van der Waals surface area contributed by atoms with Crippen molar-refractivity contribution in [2.75, 3.05) is 27.4 Å². The Morgan fingerprint density at radius 3 is 2.36 bits per heavy atom. The number of aryl methyl sites for hydroxylation is 1. The summed E-state index contributed by atoms with van der Waals surface area (Å²) in [6, 6.07) is 11.2. The second-order valence-electron chi connectivity index (χ2n) is 5.31. The van der Waals surface area contributed by atoms with Crippen molar-refractivity contribution < 1.29 is 23.7 Å². The number of hydrogen-bond donors (Lipinski definition) is 0. The van der Waals surface area contributed by atoms with Gasteiger partial charge in [0.1, 0.15) is 19.0 Å². The summed E-state index contributed by atoms with van der Waals surface area (Å²) in [4.78, 5) is 12.0. The fourth-order valence-corrected chi connectivity index (χ4v) is 2.73. The van der Waals surface area contributed by atoms with Crippen LogP contribution < -0.4 is 14.2 Å². The molecule has 0 spiro atoms. The number of halogens is 1. The van der Waals surface area contributed by atoms with Gasteiger partial charge < -0.3 is 18.9 Å². The van der Waals surface area contributed by atoms with Gasteiger partial charge in [0.05, 0.1) is 20.6 Å². The van der Waals surface area contributed by atoms with E-state index in [0.717, 1.165) is 21.3 Å². The van der Waals surface area contributed by atoms with Gasteiger partial charge in [-0.05, 0) is 36.2 Å². The summed E-state index contributed by atoms with van der Waals surface area (Å²) in [7, 11) is 3.11. The van der Waals surface area contributed by atoms with Gasteiger partial charge in [-0.15, -0.1) is 0 Å². The van der Waals surface area contributed by atoms with E-state index in [1.807, 2.05) is 31.2 Å². The van der Waals surface area contributed by atoms with Crippen molar-refractivity contribution in [2.24, 2.45) is 0 Å². The molecule has 2 aromatic carbocycles. The minimum atomic E-state index is -0.332. The molecule has 0 N–H and O–H groups in total. The summed E-state index contributed by atoms with van der Waals surface area (Å²) in [6.07, 6.45) is 0.130. The lowest BCUT2D eigenvalue weighted by molar-refractivity contribution is -0.143. The molecule has 0 aliphatic heterocycles. The number of para-hydroxylation sites is 1. The quantitative estimate of drug-likeness (QED) is 0.489. The number of carbonyl (C=O) groups excluding carboxylic acids is 1. The molecular weight excluding hydrogens is 388 g/mol. The third kappa shape index (κ3) is 5.39. The molecule has 134 valence electrons. The standard InChI is InChI=1S/C19H21BrO5/c1-13-6-4-5-7-16(13)24-8-9-25-19(21)11-14-10-17(22-2)18(23-3)12-15(14)20/h4-7,10,12H,8-9,11H2,1-3H3. The summed E-state index contributed by atoms with van der Waals surface area (Å²) >= 11 is 3.43. The van der Waals surface area contributed by atoms with E-state index >= 15 is 0 Å². The van der Waals surface area contributed by atoms with Crippen molar-refractivity contribution in [1.29, 1.82) is 0 Å². The second-order valence-corrected chi connectivity index (χ2v) is 6.16. The maximum atomic E-state index is 12.0. The first-order chi connectivity index (χ1) is 12.0. The molecule has 6 heteroatoms. The van der Waals surface area contributed by atoms with E-state index in [0.29, 0.717) is 18.1 Å².